The largest absolute Gasteiger partial charge is 0.411 e. The number of thioether (sulfide) groups is 1. The SMILES string of the molecule is O=C1CCc2cc(C(=O)CSc3nnc(-c4ccccc4)o3)ccc2N1. The Hall–Kier alpha value is -2.93. The number of anilines is 1. The minimum atomic E-state index is -0.0193. The van der Waals surface area contributed by atoms with Crippen LogP contribution in [0.4, 0.5) is 5.69 Å². The molecule has 0 bridgehead atoms. The van der Waals surface area contributed by atoms with E-state index in [1.807, 2.05) is 36.4 Å². The van der Waals surface area contributed by atoms with Gasteiger partial charge in [-0.05, 0) is 42.3 Å². The lowest BCUT2D eigenvalue weighted by Gasteiger charge is -2.17. The average molecular weight is 365 g/mol. The monoisotopic (exact) mass is 365 g/mol. The molecule has 1 amide bonds. The Bertz CT molecular complexity index is 969. The predicted molar refractivity (Wildman–Crippen MR) is 98.2 cm³/mol. The van der Waals surface area contributed by atoms with E-state index >= 15 is 0 Å². The molecule has 0 spiro atoms. The van der Waals surface area contributed by atoms with Crippen LogP contribution in [0.5, 0.6) is 0 Å². The maximum Gasteiger partial charge on any atom is 0.277 e. The van der Waals surface area contributed by atoms with Crippen molar-refractivity contribution in [2.24, 2.45) is 0 Å². The fourth-order valence-corrected chi connectivity index (χ4v) is 3.39. The van der Waals surface area contributed by atoms with Gasteiger partial charge in [0.1, 0.15) is 0 Å². The molecule has 2 aromatic carbocycles. The van der Waals surface area contributed by atoms with Gasteiger partial charge in [-0.15, -0.1) is 10.2 Å². The second kappa shape index (κ2) is 7.13. The van der Waals surface area contributed by atoms with Crippen molar-refractivity contribution in [3.8, 4) is 11.5 Å². The lowest BCUT2D eigenvalue weighted by molar-refractivity contribution is -0.116. The Balaban J connectivity index is 1.42. The van der Waals surface area contributed by atoms with Crippen LogP contribution in [-0.2, 0) is 11.2 Å². The smallest absolute Gasteiger partial charge is 0.277 e. The van der Waals surface area contributed by atoms with Crippen LogP contribution in [0.2, 0.25) is 0 Å². The Morgan fingerprint density at radius 2 is 1.96 bits per heavy atom. The minimum absolute atomic E-state index is 0.0118. The van der Waals surface area contributed by atoms with E-state index in [0.29, 0.717) is 29.5 Å². The summed E-state index contributed by atoms with van der Waals surface area (Å²) in [6.45, 7) is 0. The first kappa shape index (κ1) is 16.5. The van der Waals surface area contributed by atoms with Crippen molar-refractivity contribution in [2.45, 2.75) is 18.1 Å². The third-order valence-corrected chi connectivity index (χ3v) is 4.90. The van der Waals surface area contributed by atoms with Gasteiger partial charge in [0.05, 0.1) is 5.75 Å². The van der Waals surface area contributed by atoms with Crippen LogP contribution in [-0.4, -0.2) is 27.6 Å². The molecule has 0 radical (unpaired) electrons. The van der Waals surface area contributed by atoms with Gasteiger partial charge in [0.25, 0.3) is 5.22 Å². The highest BCUT2D eigenvalue weighted by Crippen LogP contribution is 2.26. The van der Waals surface area contributed by atoms with Crippen LogP contribution in [0.15, 0.2) is 58.2 Å². The Morgan fingerprint density at radius 1 is 1.12 bits per heavy atom. The number of Topliss-reactive ketones (excluding diaryl/α,β-unsaturated/α-hetero) is 1. The van der Waals surface area contributed by atoms with Crippen LogP contribution in [0.1, 0.15) is 22.3 Å². The molecule has 0 unspecified atom stereocenters. The zero-order valence-corrected chi connectivity index (χ0v) is 14.6. The van der Waals surface area contributed by atoms with Crippen LogP contribution in [0, 0.1) is 0 Å². The van der Waals surface area contributed by atoms with E-state index in [2.05, 4.69) is 15.5 Å². The molecule has 0 saturated carbocycles. The molecule has 1 N–H and O–H groups in total. The number of aryl methyl sites for hydroxylation is 1. The van der Waals surface area contributed by atoms with Gasteiger partial charge in [0, 0.05) is 23.2 Å². The van der Waals surface area contributed by atoms with Gasteiger partial charge in [-0.2, -0.15) is 0 Å². The zero-order valence-electron chi connectivity index (χ0n) is 13.8. The number of aromatic nitrogens is 2. The molecule has 0 fully saturated rings. The van der Waals surface area contributed by atoms with Gasteiger partial charge < -0.3 is 9.73 Å². The minimum Gasteiger partial charge on any atom is -0.411 e. The molecular formula is C19H15N3O3S. The number of benzene rings is 2. The van der Waals surface area contributed by atoms with Crippen molar-refractivity contribution in [1.29, 1.82) is 0 Å². The van der Waals surface area contributed by atoms with Crippen LogP contribution >= 0.6 is 11.8 Å². The quantitative estimate of drug-likeness (QED) is 0.549. The molecule has 0 atom stereocenters. The lowest BCUT2D eigenvalue weighted by atomic mass is 9.99. The van der Waals surface area contributed by atoms with Crippen molar-refractivity contribution < 1.29 is 14.0 Å². The number of hydrogen-bond donors (Lipinski definition) is 1. The molecular weight excluding hydrogens is 350 g/mol. The number of fused-ring (bicyclic) bond motifs is 1. The van der Waals surface area contributed by atoms with E-state index in [9.17, 15) is 9.59 Å². The molecule has 2 heterocycles. The van der Waals surface area contributed by atoms with Gasteiger partial charge in [-0.3, -0.25) is 9.59 Å². The molecule has 3 aromatic rings. The summed E-state index contributed by atoms with van der Waals surface area (Å²) in [6, 6.07) is 14.8. The molecule has 7 heteroatoms. The van der Waals surface area contributed by atoms with Crippen molar-refractivity contribution >= 4 is 29.1 Å². The van der Waals surface area contributed by atoms with E-state index in [4.69, 9.17) is 4.42 Å². The summed E-state index contributed by atoms with van der Waals surface area (Å²) in [5, 5.41) is 11.2. The molecule has 130 valence electrons. The van der Waals surface area contributed by atoms with Crippen molar-refractivity contribution in [2.75, 3.05) is 11.1 Å². The average Bonchev–Trinajstić information content (AvgIpc) is 3.15. The van der Waals surface area contributed by atoms with Gasteiger partial charge in [0.2, 0.25) is 11.8 Å². The van der Waals surface area contributed by atoms with Gasteiger partial charge >= 0.3 is 0 Å². The Morgan fingerprint density at radius 3 is 2.81 bits per heavy atom. The molecule has 26 heavy (non-hydrogen) atoms. The second-order valence-corrected chi connectivity index (χ2v) is 6.80. The second-order valence-electron chi connectivity index (χ2n) is 5.87. The number of amides is 1. The van der Waals surface area contributed by atoms with Crippen LogP contribution < -0.4 is 5.32 Å². The van der Waals surface area contributed by atoms with E-state index in [1.54, 1.807) is 12.1 Å². The summed E-state index contributed by atoms with van der Waals surface area (Å²) in [5.74, 6) is 0.638. The summed E-state index contributed by atoms with van der Waals surface area (Å²) in [7, 11) is 0. The predicted octanol–water partition coefficient (Wildman–Crippen LogP) is 3.60. The van der Waals surface area contributed by atoms with E-state index in [-0.39, 0.29) is 17.4 Å². The van der Waals surface area contributed by atoms with Gasteiger partial charge in [-0.1, -0.05) is 30.0 Å². The first-order chi connectivity index (χ1) is 12.7. The highest BCUT2D eigenvalue weighted by molar-refractivity contribution is 7.99. The Kier molecular flexibility index (Phi) is 4.53. The van der Waals surface area contributed by atoms with Crippen molar-refractivity contribution in [1.82, 2.24) is 10.2 Å². The highest BCUT2D eigenvalue weighted by atomic mass is 32.2. The molecule has 0 saturated heterocycles. The van der Waals surface area contributed by atoms with Crippen LogP contribution in [0.3, 0.4) is 0 Å². The summed E-state index contributed by atoms with van der Waals surface area (Å²) in [6.07, 6.45) is 1.10. The summed E-state index contributed by atoms with van der Waals surface area (Å²) >= 11 is 1.22. The lowest BCUT2D eigenvalue weighted by Crippen LogP contribution is -2.19. The molecule has 6 nitrogen and oxygen atoms in total. The maximum absolute atomic E-state index is 12.4. The Labute approximate surface area is 154 Å². The third kappa shape index (κ3) is 3.52. The first-order valence-corrected chi connectivity index (χ1v) is 9.15. The molecule has 1 aliphatic heterocycles. The molecule has 1 aromatic heterocycles. The first-order valence-electron chi connectivity index (χ1n) is 8.17. The topological polar surface area (TPSA) is 85.1 Å². The maximum atomic E-state index is 12.4. The summed E-state index contributed by atoms with van der Waals surface area (Å²) in [4.78, 5) is 23.9. The number of nitrogens with zero attached hydrogens (tertiary/aromatic N) is 2. The van der Waals surface area contributed by atoms with Gasteiger partial charge in [0.15, 0.2) is 5.78 Å². The zero-order chi connectivity index (χ0) is 17.9. The van der Waals surface area contributed by atoms with E-state index < -0.39 is 0 Å². The molecule has 4 rings (SSSR count). The van der Waals surface area contributed by atoms with E-state index in [0.717, 1.165) is 16.8 Å². The number of carbonyl (C=O) groups excluding carboxylic acids is 2. The van der Waals surface area contributed by atoms with Crippen molar-refractivity contribution in [3.63, 3.8) is 0 Å². The molecule has 1 aliphatic rings. The number of rotatable bonds is 5. The normalized spacial score (nSPS) is 13.2. The summed E-state index contributed by atoms with van der Waals surface area (Å²) < 4.78 is 5.60. The fraction of sp³-hybridized carbons (Fsp3) is 0.158. The number of ketones is 1. The molecule has 0 aliphatic carbocycles. The van der Waals surface area contributed by atoms with Crippen LogP contribution in [0.25, 0.3) is 11.5 Å². The summed E-state index contributed by atoms with van der Waals surface area (Å²) in [5.41, 5.74) is 3.24. The number of nitrogens with one attached hydrogen (secondary N) is 1. The standard InChI is InChI=1S/C19H15N3O3S/c23-16(14-6-8-15-13(10-14)7-9-17(24)20-15)11-26-19-22-21-18(25-19)12-4-2-1-3-5-12/h1-6,8,10H,7,9,11H2,(H,20,24). The fourth-order valence-electron chi connectivity index (χ4n) is 2.73. The van der Waals surface area contributed by atoms with Crippen molar-refractivity contribution in [3.05, 3.63) is 59.7 Å². The highest BCUT2D eigenvalue weighted by Gasteiger charge is 2.17. The number of carbonyl (C=O) groups is 2. The third-order valence-electron chi connectivity index (χ3n) is 4.08. The van der Waals surface area contributed by atoms with E-state index in [1.165, 1.54) is 11.8 Å². The number of hydrogen-bond acceptors (Lipinski definition) is 6. The van der Waals surface area contributed by atoms with Gasteiger partial charge in [-0.25, -0.2) is 0 Å².